The van der Waals surface area contributed by atoms with Gasteiger partial charge in [-0.1, -0.05) is 6.92 Å². The summed E-state index contributed by atoms with van der Waals surface area (Å²) in [6, 6.07) is 0. The number of aromatic nitrogens is 4. The van der Waals surface area contributed by atoms with E-state index < -0.39 is 24.0 Å². The molecule has 2 unspecified atom stereocenters. The van der Waals surface area contributed by atoms with E-state index in [2.05, 4.69) is 15.0 Å². The first-order chi connectivity index (χ1) is 9.46. The minimum absolute atomic E-state index is 0.264. The molecular formula is C12H17N5O3. The average Bonchev–Trinajstić information content (AvgIpc) is 2.92. The van der Waals surface area contributed by atoms with Crippen LogP contribution in [0.1, 0.15) is 26.5 Å². The summed E-state index contributed by atoms with van der Waals surface area (Å²) < 4.78 is 7.32. The second-order valence-electron chi connectivity index (χ2n) is 5.18. The van der Waals surface area contributed by atoms with Crippen LogP contribution in [0, 0.1) is 0 Å². The summed E-state index contributed by atoms with van der Waals surface area (Å²) in [6.07, 6.45) is 1.10. The van der Waals surface area contributed by atoms with Crippen molar-refractivity contribution in [2.75, 3.05) is 5.73 Å². The molecule has 0 saturated carbocycles. The van der Waals surface area contributed by atoms with E-state index >= 15 is 0 Å². The maximum Gasteiger partial charge on any atom is 0.167 e. The Bertz CT molecular complexity index is 641. The molecule has 1 aliphatic rings. The number of nitrogens with zero attached hydrogens (tertiary/aromatic N) is 4. The normalized spacial score (nSPS) is 33.9. The van der Waals surface area contributed by atoms with Gasteiger partial charge < -0.3 is 20.7 Å². The summed E-state index contributed by atoms with van der Waals surface area (Å²) in [4.78, 5) is 12.1. The zero-order chi connectivity index (χ0) is 14.5. The van der Waals surface area contributed by atoms with Gasteiger partial charge in [0.05, 0.1) is 12.4 Å². The van der Waals surface area contributed by atoms with Crippen LogP contribution in [0.15, 0.2) is 12.7 Å². The molecule has 4 N–H and O–H groups in total. The molecule has 3 heterocycles. The van der Waals surface area contributed by atoms with Gasteiger partial charge in [-0.2, -0.15) is 0 Å². The molecule has 8 nitrogen and oxygen atoms in total. The maximum atomic E-state index is 10.4. The molecule has 1 fully saturated rings. The van der Waals surface area contributed by atoms with Gasteiger partial charge in [-0.05, 0) is 13.3 Å². The number of hydrogen-bond donors (Lipinski definition) is 3. The second-order valence-corrected chi connectivity index (χ2v) is 5.18. The van der Waals surface area contributed by atoms with Crippen molar-refractivity contribution >= 4 is 17.0 Å². The first-order valence-electron chi connectivity index (χ1n) is 6.45. The molecule has 0 amide bonds. The van der Waals surface area contributed by atoms with Crippen molar-refractivity contribution in [3.8, 4) is 0 Å². The summed E-state index contributed by atoms with van der Waals surface area (Å²) in [5.41, 5.74) is 5.32. The topological polar surface area (TPSA) is 119 Å². The zero-order valence-corrected chi connectivity index (χ0v) is 11.3. The van der Waals surface area contributed by atoms with Crippen LogP contribution in [0.4, 0.5) is 5.82 Å². The van der Waals surface area contributed by atoms with Crippen molar-refractivity contribution in [1.82, 2.24) is 19.5 Å². The molecule has 8 heteroatoms. The number of aliphatic hydroxyl groups excluding tert-OH is 1. The van der Waals surface area contributed by atoms with Gasteiger partial charge in [-0.15, -0.1) is 0 Å². The first-order valence-corrected chi connectivity index (χ1v) is 6.45. The number of rotatable bonds is 2. The number of nitrogens with two attached hydrogens (primary N) is 1. The van der Waals surface area contributed by atoms with Gasteiger partial charge in [0.1, 0.15) is 23.5 Å². The molecule has 4 atom stereocenters. The van der Waals surface area contributed by atoms with E-state index in [1.807, 2.05) is 6.92 Å². The highest BCUT2D eigenvalue weighted by Crippen LogP contribution is 2.39. The lowest BCUT2D eigenvalue weighted by molar-refractivity contribution is -0.0638. The van der Waals surface area contributed by atoms with Gasteiger partial charge in [0.15, 0.2) is 17.7 Å². The molecule has 1 saturated heterocycles. The smallest absolute Gasteiger partial charge is 0.167 e. The third-order valence-electron chi connectivity index (χ3n) is 3.86. The number of aliphatic hydroxyl groups is 2. The molecular weight excluding hydrogens is 262 g/mol. The molecule has 2 aromatic heterocycles. The quantitative estimate of drug-likeness (QED) is 0.698. The molecule has 0 aliphatic carbocycles. The fourth-order valence-corrected chi connectivity index (χ4v) is 2.64. The highest BCUT2D eigenvalue weighted by atomic mass is 16.6. The molecule has 0 aromatic carbocycles. The van der Waals surface area contributed by atoms with Crippen LogP contribution in [0.25, 0.3) is 11.2 Å². The summed E-state index contributed by atoms with van der Waals surface area (Å²) in [5.74, 6) is 0.264. The summed E-state index contributed by atoms with van der Waals surface area (Å²) in [6.45, 7) is 3.45. The minimum Gasteiger partial charge on any atom is -0.385 e. The third kappa shape index (κ3) is 1.69. The van der Waals surface area contributed by atoms with Crippen molar-refractivity contribution in [2.24, 2.45) is 0 Å². The maximum absolute atomic E-state index is 10.4. The fraction of sp³-hybridized carbons (Fsp3) is 0.583. The molecule has 3 rings (SSSR count). The van der Waals surface area contributed by atoms with Crippen LogP contribution in [0.2, 0.25) is 0 Å². The molecule has 0 bridgehead atoms. The Hall–Kier alpha value is -1.77. The summed E-state index contributed by atoms with van der Waals surface area (Å²) in [5, 5.41) is 20.7. The van der Waals surface area contributed by atoms with Crippen LogP contribution in [-0.4, -0.2) is 47.5 Å². The Kier molecular flexibility index (Phi) is 2.89. The van der Waals surface area contributed by atoms with Crippen LogP contribution < -0.4 is 5.73 Å². The van der Waals surface area contributed by atoms with Gasteiger partial charge in [0.25, 0.3) is 0 Å². The number of imidazole rings is 1. The Labute approximate surface area is 115 Å². The molecule has 108 valence electrons. The van der Waals surface area contributed by atoms with E-state index in [9.17, 15) is 10.2 Å². The predicted molar refractivity (Wildman–Crippen MR) is 70.6 cm³/mol. The van der Waals surface area contributed by atoms with Gasteiger partial charge in [0.2, 0.25) is 0 Å². The fourth-order valence-electron chi connectivity index (χ4n) is 2.64. The van der Waals surface area contributed by atoms with E-state index in [0.29, 0.717) is 17.6 Å². The van der Waals surface area contributed by atoms with Gasteiger partial charge in [-0.25, -0.2) is 15.0 Å². The summed E-state index contributed by atoms with van der Waals surface area (Å²) >= 11 is 0. The number of hydrogen-bond acceptors (Lipinski definition) is 7. The number of anilines is 1. The standard InChI is InChI=1S/C12H17N5O3/c1-3-6-12(2,19)8(18)11(20-6)17-5-16-7-9(13)14-4-15-10(7)17/h4-6,8,11,18-19H,3H2,1-2H3,(H2,13,14,15)/t6-,8?,11-,12?/m1/s1. The Morgan fingerprint density at radius 3 is 2.85 bits per heavy atom. The lowest BCUT2D eigenvalue weighted by Crippen LogP contribution is -2.44. The number of ether oxygens (including phenoxy) is 1. The van der Waals surface area contributed by atoms with Crippen molar-refractivity contribution in [3.05, 3.63) is 12.7 Å². The second kappa shape index (κ2) is 4.37. The van der Waals surface area contributed by atoms with Crippen molar-refractivity contribution in [1.29, 1.82) is 0 Å². The van der Waals surface area contributed by atoms with Crippen LogP contribution in [-0.2, 0) is 4.74 Å². The van der Waals surface area contributed by atoms with Gasteiger partial charge in [-0.3, -0.25) is 4.57 Å². The highest BCUT2D eigenvalue weighted by molar-refractivity contribution is 5.81. The summed E-state index contributed by atoms with van der Waals surface area (Å²) in [7, 11) is 0. The van der Waals surface area contributed by atoms with Crippen molar-refractivity contribution in [3.63, 3.8) is 0 Å². The average molecular weight is 279 g/mol. The highest BCUT2D eigenvalue weighted by Gasteiger charge is 2.52. The molecule has 1 aliphatic heterocycles. The zero-order valence-electron chi connectivity index (χ0n) is 11.3. The number of nitrogen functional groups attached to an aromatic ring is 1. The van der Waals surface area contributed by atoms with E-state index in [0.717, 1.165) is 0 Å². The Morgan fingerprint density at radius 1 is 1.45 bits per heavy atom. The van der Waals surface area contributed by atoms with Crippen molar-refractivity contribution < 1.29 is 14.9 Å². The van der Waals surface area contributed by atoms with Crippen LogP contribution in [0.5, 0.6) is 0 Å². The van der Waals surface area contributed by atoms with E-state index in [1.165, 1.54) is 12.7 Å². The monoisotopic (exact) mass is 279 g/mol. The lowest BCUT2D eigenvalue weighted by atomic mass is 9.93. The van der Waals surface area contributed by atoms with E-state index in [1.54, 1.807) is 11.5 Å². The SMILES string of the molecule is CC[C@H]1O[C@@H](n2cnc3c(N)ncnc32)C(O)C1(C)O. The molecule has 0 radical (unpaired) electrons. The third-order valence-corrected chi connectivity index (χ3v) is 3.86. The number of fused-ring (bicyclic) bond motifs is 1. The molecule has 20 heavy (non-hydrogen) atoms. The molecule has 2 aromatic rings. The van der Waals surface area contributed by atoms with Gasteiger partial charge >= 0.3 is 0 Å². The van der Waals surface area contributed by atoms with Crippen molar-refractivity contribution in [2.45, 2.75) is 44.3 Å². The minimum atomic E-state index is -1.32. The predicted octanol–water partition coefficient (Wildman–Crippen LogP) is -0.172. The van der Waals surface area contributed by atoms with E-state index in [4.69, 9.17) is 10.5 Å². The van der Waals surface area contributed by atoms with Gasteiger partial charge in [0, 0.05) is 0 Å². The van der Waals surface area contributed by atoms with Crippen LogP contribution in [0.3, 0.4) is 0 Å². The largest absolute Gasteiger partial charge is 0.385 e. The Morgan fingerprint density at radius 2 is 2.20 bits per heavy atom. The Balaban J connectivity index is 2.06. The molecule has 0 spiro atoms. The van der Waals surface area contributed by atoms with E-state index in [-0.39, 0.29) is 5.82 Å². The first kappa shape index (κ1) is 13.2. The lowest BCUT2D eigenvalue weighted by Gasteiger charge is -2.25. The van der Waals surface area contributed by atoms with Crippen LogP contribution >= 0.6 is 0 Å².